The number of unbranched alkanes of at least 4 members (excludes halogenated alkanes) is 3. The number of aromatic nitrogens is 1. The fraction of sp³-hybridized carbons (Fsp3) is 0.720. The molecule has 0 unspecified atom stereocenters. The Labute approximate surface area is 198 Å². The van der Waals surface area contributed by atoms with E-state index in [2.05, 4.69) is 11.8 Å². The highest BCUT2D eigenvalue weighted by Crippen LogP contribution is 2.24. The van der Waals surface area contributed by atoms with Gasteiger partial charge in [-0.1, -0.05) is 26.2 Å². The lowest BCUT2D eigenvalue weighted by Gasteiger charge is -2.30. The van der Waals surface area contributed by atoms with Crippen LogP contribution < -0.4 is 0 Å². The van der Waals surface area contributed by atoms with Crippen molar-refractivity contribution in [2.45, 2.75) is 66.3 Å². The number of methoxy groups -OCH3 is 1. The summed E-state index contributed by atoms with van der Waals surface area (Å²) in [5.74, 6) is -0.565. The fourth-order valence-electron chi connectivity index (χ4n) is 4.55. The van der Waals surface area contributed by atoms with Crippen LogP contribution in [0.1, 0.15) is 78.1 Å². The van der Waals surface area contributed by atoms with Crippen LogP contribution in [0.4, 0.5) is 0 Å². The van der Waals surface area contributed by atoms with E-state index in [-0.39, 0.29) is 18.2 Å². The highest BCUT2D eigenvalue weighted by atomic mass is 16.5. The molecule has 1 saturated heterocycles. The van der Waals surface area contributed by atoms with E-state index in [4.69, 9.17) is 9.47 Å². The second-order valence-electron chi connectivity index (χ2n) is 8.67. The fourth-order valence-corrected chi connectivity index (χ4v) is 4.55. The average molecular weight is 464 g/mol. The smallest absolute Gasteiger partial charge is 0.354 e. The quantitative estimate of drug-likeness (QED) is 0.254. The van der Waals surface area contributed by atoms with E-state index in [0.717, 1.165) is 51.0 Å². The van der Waals surface area contributed by atoms with E-state index in [9.17, 15) is 14.4 Å². The van der Waals surface area contributed by atoms with Gasteiger partial charge in [-0.25, -0.2) is 4.79 Å². The number of esters is 1. The zero-order chi connectivity index (χ0) is 24.4. The van der Waals surface area contributed by atoms with E-state index in [1.807, 2.05) is 18.4 Å². The predicted octanol–water partition coefficient (Wildman–Crippen LogP) is 3.23. The number of ketones is 1. The normalized spacial score (nSPS) is 14.3. The maximum absolute atomic E-state index is 13.4. The number of nitrogens with zero attached hydrogens (tertiary/aromatic N) is 3. The second-order valence-corrected chi connectivity index (χ2v) is 8.67. The summed E-state index contributed by atoms with van der Waals surface area (Å²) in [5, 5.41) is 0. The Morgan fingerprint density at radius 3 is 2.36 bits per heavy atom. The molecule has 0 radical (unpaired) electrons. The van der Waals surface area contributed by atoms with Gasteiger partial charge in [0.2, 0.25) is 5.91 Å². The molecule has 0 aromatic carbocycles. The first-order valence-electron chi connectivity index (χ1n) is 12.2. The number of amides is 1. The lowest BCUT2D eigenvalue weighted by atomic mass is 10.0. The Balaban J connectivity index is 2.19. The highest BCUT2D eigenvalue weighted by molar-refractivity contribution is 6.04. The Morgan fingerprint density at radius 2 is 1.76 bits per heavy atom. The molecule has 8 heteroatoms. The molecule has 0 saturated carbocycles. The number of rotatable bonds is 13. The van der Waals surface area contributed by atoms with Crippen molar-refractivity contribution in [3.63, 3.8) is 0 Å². The molecule has 0 N–H and O–H groups in total. The number of ether oxygens (including phenoxy) is 2. The van der Waals surface area contributed by atoms with Crippen molar-refractivity contribution in [1.29, 1.82) is 0 Å². The van der Waals surface area contributed by atoms with E-state index in [0.29, 0.717) is 49.5 Å². The van der Waals surface area contributed by atoms with Crippen molar-refractivity contribution in [3.05, 3.63) is 22.5 Å². The summed E-state index contributed by atoms with van der Waals surface area (Å²) in [6, 6.07) is 0. The SMILES string of the molecule is CCCCCCC(=O)N(CCN1CCOCC1)CC(=O)c1c(C)c(C(=O)OC)n(CC)c1C. The van der Waals surface area contributed by atoms with E-state index in [1.165, 1.54) is 7.11 Å². The topological polar surface area (TPSA) is 81.1 Å². The first-order valence-corrected chi connectivity index (χ1v) is 12.2. The monoisotopic (exact) mass is 463 g/mol. The van der Waals surface area contributed by atoms with Gasteiger partial charge in [-0.05, 0) is 32.8 Å². The molecule has 0 atom stereocenters. The first-order chi connectivity index (χ1) is 15.8. The molecule has 2 heterocycles. The van der Waals surface area contributed by atoms with Crippen LogP contribution >= 0.6 is 0 Å². The van der Waals surface area contributed by atoms with Gasteiger partial charge in [-0.3, -0.25) is 14.5 Å². The molecule has 1 aliphatic heterocycles. The van der Waals surface area contributed by atoms with Gasteiger partial charge in [-0.15, -0.1) is 0 Å². The van der Waals surface area contributed by atoms with E-state index < -0.39 is 5.97 Å². The number of carbonyl (C=O) groups is 3. The zero-order valence-corrected chi connectivity index (χ0v) is 21.1. The van der Waals surface area contributed by atoms with Crippen molar-refractivity contribution in [3.8, 4) is 0 Å². The molecule has 1 aromatic heterocycles. The number of carbonyl (C=O) groups excluding carboxylic acids is 3. The first kappa shape index (κ1) is 27.1. The summed E-state index contributed by atoms with van der Waals surface area (Å²) in [4.78, 5) is 42.8. The third kappa shape index (κ3) is 7.14. The maximum Gasteiger partial charge on any atom is 0.354 e. The number of hydrogen-bond acceptors (Lipinski definition) is 6. The van der Waals surface area contributed by atoms with Gasteiger partial charge in [-0.2, -0.15) is 0 Å². The lowest BCUT2D eigenvalue weighted by molar-refractivity contribution is -0.131. The van der Waals surface area contributed by atoms with Crippen LogP contribution in [0.2, 0.25) is 0 Å². The minimum absolute atomic E-state index is 0.0196. The molecular formula is C25H41N3O5. The molecule has 1 aromatic rings. The predicted molar refractivity (Wildman–Crippen MR) is 128 cm³/mol. The van der Waals surface area contributed by atoms with Gasteiger partial charge in [0.15, 0.2) is 5.78 Å². The van der Waals surface area contributed by atoms with Gasteiger partial charge in [0.05, 0.1) is 26.9 Å². The Bertz CT molecular complexity index is 811. The summed E-state index contributed by atoms with van der Waals surface area (Å²) < 4.78 is 12.2. The van der Waals surface area contributed by atoms with Crippen LogP contribution in [-0.2, 0) is 20.8 Å². The summed E-state index contributed by atoms with van der Waals surface area (Å²) in [5.41, 5.74) is 2.29. The molecule has 1 fully saturated rings. The largest absolute Gasteiger partial charge is 0.464 e. The third-order valence-electron chi connectivity index (χ3n) is 6.46. The molecule has 1 aliphatic rings. The van der Waals surface area contributed by atoms with Gasteiger partial charge in [0.1, 0.15) is 5.69 Å². The number of morpholine rings is 1. The molecule has 2 rings (SSSR count). The summed E-state index contributed by atoms with van der Waals surface area (Å²) in [6.45, 7) is 12.6. The van der Waals surface area contributed by atoms with Gasteiger partial charge >= 0.3 is 5.97 Å². The summed E-state index contributed by atoms with van der Waals surface area (Å²) in [6.07, 6.45) is 4.54. The summed E-state index contributed by atoms with van der Waals surface area (Å²) >= 11 is 0. The van der Waals surface area contributed by atoms with Gasteiger partial charge in [0, 0.05) is 50.4 Å². The van der Waals surface area contributed by atoms with Gasteiger partial charge < -0.3 is 18.9 Å². The van der Waals surface area contributed by atoms with Crippen LogP contribution in [0.15, 0.2) is 0 Å². The molecule has 8 nitrogen and oxygen atoms in total. The van der Waals surface area contributed by atoms with E-state index >= 15 is 0 Å². The minimum Gasteiger partial charge on any atom is -0.464 e. The molecular weight excluding hydrogens is 422 g/mol. The zero-order valence-electron chi connectivity index (χ0n) is 21.1. The maximum atomic E-state index is 13.4. The van der Waals surface area contributed by atoms with E-state index in [1.54, 1.807) is 11.8 Å². The van der Waals surface area contributed by atoms with Crippen LogP contribution in [-0.4, -0.2) is 85.1 Å². The van der Waals surface area contributed by atoms with Crippen molar-refractivity contribution < 1.29 is 23.9 Å². The Morgan fingerprint density at radius 1 is 1.06 bits per heavy atom. The molecule has 1 amide bonds. The molecule has 0 spiro atoms. The standard InChI is InChI=1S/C25H41N3O5/c1-6-8-9-10-11-22(30)27(13-12-26-14-16-33-17-15-26)18-21(29)23-19(3)24(25(31)32-5)28(7-2)20(23)4/h6-18H2,1-5H3. The molecule has 0 aliphatic carbocycles. The van der Waals surface area contributed by atoms with Crippen molar-refractivity contribution in [2.24, 2.45) is 0 Å². The number of hydrogen-bond donors (Lipinski definition) is 0. The summed E-state index contributed by atoms with van der Waals surface area (Å²) in [7, 11) is 1.34. The molecule has 0 bridgehead atoms. The lowest BCUT2D eigenvalue weighted by Crippen LogP contribution is -2.44. The second kappa shape index (κ2) is 13.5. The third-order valence-corrected chi connectivity index (χ3v) is 6.46. The Hall–Kier alpha value is -2.19. The van der Waals surface area contributed by atoms with Crippen molar-refractivity contribution in [1.82, 2.24) is 14.4 Å². The Kier molecular flexibility index (Phi) is 11.1. The van der Waals surface area contributed by atoms with Crippen molar-refractivity contribution >= 4 is 17.7 Å². The van der Waals surface area contributed by atoms with Crippen molar-refractivity contribution in [2.75, 3.05) is 53.0 Å². The highest BCUT2D eigenvalue weighted by Gasteiger charge is 2.28. The number of Topliss-reactive ketones (excluding diaryl/α,β-unsaturated/α-hetero) is 1. The van der Waals surface area contributed by atoms with Crippen LogP contribution in [0, 0.1) is 13.8 Å². The average Bonchev–Trinajstić information content (AvgIpc) is 3.08. The molecule has 33 heavy (non-hydrogen) atoms. The van der Waals surface area contributed by atoms with Crippen LogP contribution in [0.3, 0.4) is 0 Å². The van der Waals surface area contributed by atoms with Gasteiger partial charge in [0.25, 0.3) is 0 Å². The van der Waals surface area contributed by atoms with Crippen LogP contribution in [0.25, 0.3) is 0 Å². The van der Waals surface area contributed by atoms with Crippen LogP contribution in [0.5, 0.6) is 0 Å². The molecule has 186 valence electrons. The minimum atomic E-state index is -0.451.